The van der Waals surface area contributed by atoms with Crippen molar-refractivity contribution in [3.8, 4) is 89.3 Å². The van der Waals surface area contributed by atoms with Crippen LogP contribution in [-0.4, -0.2) is 19.9 Å². The molecule has 0 aliphatic carbocycles. The monoisotopic (exact) mass is 1160 g/mol. The number of nitrogens with zero attached hydrogens (tertiary/aromatic N) is 4. The Morgan fingerprint density at radius 1 is 0.233 bits per heavy atom. The van der Waals surface area contributed by atoms with Crippen LogP contribution in [0.2, 0.25) is 0 Å². The van der Waals surface area contributed by atoms with Gasteiger partial charge in [0.25, 0.3) is 0 Å². The lowest BCUT2D eigenvalue weighted by Crippen LogP contribution is -2.13. The third kappa shape index (κ3) is 10.8. The van der Waals surface area contributed by atoms with Crippen LogP contribution in [-0.2, 0) is 10.8 Å². The zero-order valence-electron chi connectivity index (χ0n) is 53.9. The molecule has 0 amide bonds. The minimum absolute atomic E-state index is 0.000302. The third-order valence-corrected chi connectivity index (χ3v) is 18.2. The molecule has 0 aliphatic heterocycles. The van der Waals surface area contributed by atoms with Gasteiger partial charge in [-0.25, -0.2) is 0 Å². The van der Waals surface area contributed by atoms with E-state index in [0.717, 1.165) is 33.6 Å². The Labute approximate surface area is 531 Å². The van der Waals surface area contributed by atoms with Crippen molar-refractivity contribution in [2.75, 3.05) is 0 Å². The Kier molecular flexibility index (Phi) is 15.5. The Balaban J connectivity index is 0.000000165. The molecule has 90 heavy (non-hydrogen) atoms. The van der Waals surface area contributed by atoms with Crippen LogP contribution in [0.4, 0.5) is 0 Å². The molecule has 10 aromatic carbocycles. The van der Waals surface area contributed by atoms with Crippen molar-refractivity contribution in [1.82, 2.24) is 19.9 Å². The van der Waals surface area contributed by atoms with E-state index in [9.17, 15) is 0 Å². The normalized spacial score (nSPS) is 11.8. The SMILES string of the molecule is Cc1cccc(C)c1-c1cc(-c2c3ccccc3c(-c3ccnc(-c4c(C)cccc4C(C)(C)C)c3)c3ccccc23)ccn1.Cc1cccc(C)c1-c1cncc(-c2c3ccccc3c(-c3cncc(-c4c(C)cccc4C(C)(C)C)c3)c3ccccc23)c1. The zero-order chi connectivity index (χ0) is 62.6. The summed E-state index contributed by atoms with van der Waals surface area (Å²) in [6.45, 7) is 26.8. The molecule has 4 heteroatoms. The van der Waals surface area contributed by atoms with E-state index >= 15 is 0 Å². The van der Waals surface area contributed by atoms with Gasteiger partial charge in [-0.2, -0.15) is 0 Å². The van der Waals surface area contributed by atoms with Crippen LogP contribution in [0.3, 0.4) is 0 Å². The maximum Gasteiger partial charge on any atom is 0.0713 e. The molecular formula is C86H76N4. The molecule has 0 atom stereocenters. The predicted octanol–water partition coefficient (Wildman–Crippen LogP) is 23.3. The van der Waals surface area contributed by atoms with E-state index in [0.29, 0.717) is 0 Å². The van der Waals surface area contributed by atoms with Crippen LogP contribution in [0.1, 0.15) is 86.1 Å². The van der Waals surface area contributed by atoms with E-state index < -0.39 is 0 Å². The van der Waals surface area contributed by atoms with Gasteiger partial charge in [0.1, 0.15) is 0 Å². The third-order valence-electron chi connectivity index (χ3n) is 18.2. The van der Waals surface area contributed by atoms with Crippen LogP contribution in [0.15, 0.2) is 243 Å². The molecule has 0 radical (unpaired) electrons. The number of fused-ring (bicyclic) bond motifs is 4. The first-order valence-corrected chi connectivity index (χ1v) is 31.5. The molecule has 0 bridgehead atoms. The van der Waals surface area contributed by atoms with E-state index in [4.69, 9.17) is 19.9 Å². The summed E-state index contributed by atoms with van der Waals surface area (Å²) in [5.41, 5.74) is 28.9. The molecule has 14 aromatic rings. The average molecular weight is 1170 g/mol. The lowest BCUT2D eigenvalue weighted by Gasteiger charge is -2.25. The maximum absolute atomic E-state index is 4.94. The Morgan fingerprint density at radius 2 is 0.500 bits per heavy atom. The molecule has 0 saturated heterocycles. The molecule has 0 aliphatic rings. The van der Waals surface area contributed by atoms with Crippen molar-refractivity contribution < 1.29 is 0 Å². The molecule has 0 spiro atoms. The first-order chi connectivity index (χ1) is 43.4. The van der Waals surface area contributed by atoms with E-state index in [1.807, 2.05) is 37.2 Å². The standard InChI is InChI=1S/2C43H38N2/c1-27-13-11-14-28(2)39(27)30-21-32(25-44-23-30)41-34-16-7-9-18-36(34)42(37-19-10-8-17-35(37)41)33-22-31(24-45-26-33)40-29(3)15-12-20-38(40)43(4,5)6;1-27-13-11-14-28(2)39(27)37-25-30(21-23-44-37)41-32-16-7-9-18-34(32)42(35-19-10-8-17-33(35)41)31-22-24-45-38(26-31)40-29(3)15-12-20-36(40)43(4,5)6/h2*7-26H,1-6H3. The van der Waals surface area contributed by atoms with E-state index in [-0.39, 0.29) is 10.8 Å². The second-order valence-corrected chi connectivity index (χ2v) is 26.5. The molecule has 4 heterocycles. The molecule has 0 N–H and O–H groups in total. The summed E-state index contributed by atoms with van der Waals surface area (Å²) in [6, 6.07) is 74.9. The number of hydrogen-bond donors (Lipinski definition) is 0. The number of hydrogen-bond acceptors (Lipinski definition) is 4. The summed E-state index contributed by atoms with van der Waals surface area (Å²) >= 11 is 0. The van der Waals surface area contributed by atoms with Gasteiger partial charge in [-0.15, -0.1) is 0 Å². The van der Waals surface area contributed by atoms with Gasteiger partial charge in [-0.3, -0.25) is 19.9 Å². The molecule has 4 aromatic heterocycles. The topological polar surface area (TPSA) is 51.6 Å². The number of benzene rings is 10. The van der Waals surface area contributed by atoms with Gasteiger partial charge in [0.15, 0.2) is 0 Å². The highest BCUT2D eigenvalue weighted by Gasteiger charge is 2.25. The summed E-state index contributed by atoms with van der Waals surface area (Å²) in [4.78, 5) is 19.4. The maximum atomic E-state index is 4.94. The van der Waals surface area contributed by atoms with Crippen LogP contribution in [0.25, 0.3) is 132 Å². The van der Waals surface area contributed by atoms with Crippen LogP contribution in [0, 0.1) is 41.5 Å². The first-order valence-electron chi connectivity index (χ1n) is 31.5. The highest BCUT2D eigenvalue weighted by Crippen LogP contribution is 2.48. The highest BCUT2D eigenvalue weighted by molar-refractivity contribution is 6.23. The fraction of sp³-hybridized carbons (Fsp3) is 0.163. The lowest BCUT2D eigenvalue weighted by atomic mass is 9.80. The fourth-order valence-electron chi connectivity index (χ4n) is 14.2. The van der Waals surface area contributed by atoms with Crippen molar-refractivity contribution in [2.45, 2.75) is 93.9 Å². The number of aryl methyl sites for hydroxylation is 6. The minimum Gasteiger partial charge on any atom is -0.263 e. The second kappa shape index (κ2) is 23.7. The summed E-state index contributed by atoms with van der Waals surface area (Å²) in [6.07, 6.45) is 12.0. The molecule has 14 rings (SSSR count). The van der Waals surface area contributed by atoms with E-state index in [1.54, 1.807) is 0 Å². The van der Waals surface area contributed by atoms with Gasteiger partial charge in [0, 0.05) is 70.6 Å². The average Bonchev–Trinajstić information content (AvgIpc) is 0.752. The predicted molar refractivity (Wildman–Crippen MR) is 383 cm³/mol. The van der Waals surface area contributed by atoms with Crippen molar-refractivity contribution >= 4 is 43.1 Å². The van der Waals surface area contributed by atoms with Gasteiger partial charge < -0.3 is 0 Å². The van der Waals surface area contributed by atoms with E-state index in [1.165, 1.54) is 143 Å². The minimum atomic E-state index is 0.000302. The Bertz CT molecular complexity index is 4630. The summed E-state index contributed by atoms with van der Waals surface area (Å²) in [7, 11) is 0. The van der Waals surface area contributed by atoms with Crippen molar-refractivity contribution in [3.63, 3.8) is 0 Å². The largest absolute Gasteiger partial charge is 0.263 e. The van der Waals surface area contributed by atoms with Gasteiger partial charge >= 0.3 is 0 Å². The van der Waals surface area contributed by atoms with Crippen LogP contribution in [0.5, 0.6) is 0 Å². The summed E-state index contributed by atoms with van der Waals surface area (Å²) in [5.74, 6) is 0. The van der Waals surface area contributed by atoms with Crippen LogP contribution < -0.4 is 0 Å². The first kappa shape index (κ1) is 58.8. The van der Waals surface area contributed by atoms with E-state index in [2.05, 4.69) is 289 Å². The van der Waals surface area contributed by atoms with Crippen molar-refractivity contribution in [1.29, 1.82) is 0 Å². The highest BCUT2D eigenvalue weighted by atomic mass is 14.7. The smallest absolute Gasteiger partial charge is 0.0713 e. The molecule has 0 saturated carbocycles. The molecular weight excluding hydrogens is 1090 g/mol. The van der Waals surface area contributed by atoms with Crippen LogP contribution >= 0.6 is 0 Å². The zero-order valence-corrected chi connectivity index (χ0v) is 53.9. The number of aromatic nitrogens is 4. The number of rotatable bonds is 8. The molecule has 0 fully saturated rings. The summed E-state index contributed by atoms with van der Waals surface area (Å²) in [5, 5.41) is 9.77. The van der Waals surface area contributed by atoms with Crippen molar-refractivity contribution in [2.24, 2.45) is 0 Å². The van der Waals surface area contributed by atoms with Gasteiger partial charge in [0.2, 0.25) is 0 Å². The van der Waals surface area contributed by atoms with Crippen molar-refractivity contribution in [3.05, 3.63) is 288 Å². The lowest BCUT2D eigenvalue weighted by molar-refractivity contribution is 0.591. The van der Waals surface area contributed by atoms with Gasteiger partial charge in [-0.1, -0.05) is 211 Å². The quantitative estimate of drug-likeness (QED) is 0.142. The molecule has 4 nitrogen and oxygen atoms in total. The molecule has 0 unspecified atom stereocenters. The summed E-state index contributed by atoms with van der Waals surface area (Å²) < 4.78 is 0. The number of pyridine rings is 4. The molecule has 440 valence electrons. The fourth-order valence-corrected chi connectivity index (χ4v) is 14.2. The van der Waals surface area contributed by atoms with Gasteiger partial charge in [0.05, 0.1) is 11.4 Å². The Hall–Kier alpha value is -10.2. The van der Waals surface area contributed by atoms with Gasteiger partial charge in [-0.05, 0) is 221 Å². The Morgan fingerprint density at radius 3 is 0.856 bits per heavy atom. The second-order valence-electron chi connectivity index (χ2n) is 26.5.